The molecule has 1 aromatic heterocycles. The lowest BCUT2D eigenvalue weighted by Gasteiger charge is -2.25. The standard InChI is InChI=1S/C16H17FN2O2/c1-11(12-6-3-2-4-7-12)19-10-18-15(17)14(19)16(20)21-13-8-5-9-13/h2-4,6-7,10-11,13H,5,8-9H2,1H3/t11-/m1/s1. The molecule has 1 fully saturated rings. The van der Waals surface area contributed by atoms with E-state index in [1.165, 1.54) is 10.9 Å². The highest BCUT2D eigenvalue weighted by Gasteiger charge is 2.28. The number of hydrogen-bond donors (Lipinski definition) is 0. The monoisotopic (exact) mass is 288 g/mol. The quantitative estimate of drug-likeness (QED) is 0.810. The molecule has 1 aromatic carbocycles. The van der Waals surface area contributed by atoms with Crippen LogP contribution in [0.2, 0.25) is 0 Å². The Morgan fingerprint density at radius 3 is 2.71 bits per heavy atom. The second kappa shape index (κ2) is 5.68. The highest BCUT2D eigenvalue weighted by atomic mass is 19.1. The van der Waals surface area contributed by atoms with E-state index in [9.17, 15) is 9.18 Å². The summed E-state index contributed by atoms with van der Waals surface area (Å²) < 4.78 is 20.7. The van der Waals surface area contributed by atoms with Crippen LogP contribution >= 0.6 is 0 Å². The third-order valence-electron chi connectivity index (χ3n) is 3.97. The van der Waals surface area contributed by atoms with Gasteiger partial charge in [-0.1, -0.05) is 30.3 Å². The number of hydrogen-bond acceptors (Lipinski definition) is 3. The van der Waals surface area contributed by atoms with Gasteiger partial charge in [-0.3, -0.25) is 0 Å². The van der Waals surface area contributed by atoms with Crippen LogP contribution in [-0.2, 0) is 4.74 Å². The molecule has 1 atom stereocenters. The minimum Gasteiger partial charge on any atom is -0.458 e. The van der Waals surface area contributed by atoms with Crippen LogP contribution in [0.1, 0.15) is 48.3 Å². The molecule has 5 heteroatoms. The number of rotatable bonds is 4. The molecule has 0 bridgehead atoms. The molecule has 0 amide bonds. The van der Waals surface area contributed by atoms with E-state index in [1.54, 1.807) is 0 Å². The van der Waals surface area contributed by atoms with Crippen molar-refractivity contribution in [2.24, 2.45) is 0 Å². The fourth-order valence-corrected chi connectivity index (χ4v) is 2.41. The molecule has 0 saturated heterocycles. The lowest BCUT2D eigenvalue weighted by atomic mass is 9.96. The maximum Gasteiger partial charge on any atom is 0.360 e. The SMILES string of the molecule is C[C@H](c1ccccc1)n1cnc(F)c1C(=O)OC1CCC1. The minimum absolute atomic E-state index is 0.0766. The normalized spacial score (nSPS) is 16.3. The zero-order chi connectivity index (χ0) is 14.8. The van der Waals surface area contributed by atoms with Gasteiger partial charge in [0.15, 0.2) is 5.69 Å². The van der Waals surface area contributed by atoms with E-state index in [4.69, 9.17) is 4.74 Å². The summed E-state index contributed by atoms with van der Waals surface area (Å²) in [7, 11) is 0. The number of esters is 1. The topological polar surface area (TPSA) is 44.1 Å². The van der Waals surface area contributed by atoms with Gasteiger partial charge in [-0.15, -0.1) is 0 Å². The summed E-state index contributed by atoms with van der Waals surface area (Å²) in [5.74, 6) is -1.40. The molecule has 0 aliphatic heterocycles. The van der Waals surface area contributed by atoms with Gasteiger partial charge in [0.05, 0.1) is 12.4 Å². The summed E-state index contributed by atoms with van der Waals surface area (Å²) in [6.07, 6.45) is 4.04. The van der Waals surface area contributed by atoms with Gasteiger partial charge in [-0.25, -0.2) is 9.78 Å². The first-order valence-electron chi connectivity index (χ1n) is 7.15. The van der Waals surface area contributed by atoms with Crippen LogP contribution in [0.15, 0.2) is 36.7 Å². The van der Waals surface area contributed by atoms with Gasteiger partial charge < -0.3 is 9.30 Å². The van der Waals surface area contributed by atoms with E-state index in [0.717, 1.165) is 24.8 Å². The molecular weight excluding hydrogens is 271 g/mol. The third kappa shape index (κ3) is 2.68. The number of aromatic nitrogens is 2. The second-order valence-electron chi connectivity index (χ2n) is 5.34. The molecule has 110 valence electrons. The van der Waals surface area contributed by atoms with E-state index in [-0.39, 0.29) is 17.8 Å². The Labute approximate surface area is 122 Å². The van der Waals surface area contributed by atoms with Crippen molar-refractivity contribution in [3.8, 4) is 0 Å². The van der Waals surface area contributed by atoms with Crippen molar-refractivity contribution in [2.75, 3.05) is 0 Å². The summed E-state index contributed by atoms with van der Waals surface area (Å²) in [4.78, 5) is 15.8. The summed E-state index contributed by atoms with van der Waals surface area (Å²) in [6, 6.07) is 9.41. The van der Waals surface area contributed by atoms with Crippen LogP contribution in [0.4, 0.5) is 4.39 Å². The molecule has 0 unspecified atom stereocenters. The van der Waals surface area contributed by atoms with Crippen molar-refractivity contribution >= 4 is 5.97 Å². The maximum atomic E-state index is 13.9. The number of ether oxygens (including phenoxy) is 1. The maximum absolute atomic E-state index is 13.9. The first-order chi connectivity index (χ1) is 10.2. The first kappa shape index (κ1) is 13.8. The molecular formula is C16H17FN2O2. The summed E-state index contributed by atoms with van der Waals surface area (Å²) in [5, 5.41) is 0. The lowest BCUT2D eigenvalue weighted by Crippen LogP contribution is -2.27. The van der Waals surface area contributed by atoms with Crippen LogP contribution in [0, 0.1) is 5.95 Å². The van der Waals surface area contributed by atoms with Crippen molar-refractivity contribution in [1.82, 2.24) is 9.55 Å². The number of nitrogens with zero attached hydrogens (tertiary/aromatic N) is 2. The Balaban J connectivity index is 1.87. The smallest absolute Gasteiger partial charge is 0.360 e. The van der Waals surface area contributed by atoms with Gasteiger partial charge in [0.1, 0.15) is 6.10 Å². The predicted octanol–water partition coefficient (Wildman–Crippen LogP) is 3.34. The number of carbonyl (C=O) groups excluding carboxylic acids is 1. The highest BCUT2D eigenvalue weighted by Crippen LogP contribution is 2.25. The fraction of sp³-hybridized carbons (Fsp3) is 0.375. The molecule has 0 radical (unpaired) electrons. The number of imidazole rings is 1. The Bertz CT molecular complexity index is 635. The average molecular weight is 288 g/mol. The Morgan fingerprint density at radius 2 is 2.10 bits per heavy atom. The zero-order valence-corrected chi connectivity index (χ0v) is 11.8. The lowest BCUT2D eigenvalue weighted by molar-refractivity contribution is 0.00723. The van der Waals surface area contributed by atoms with Gasteiger partial charge in [-0.2, -0.15) is 4.39 Å². The van der Waals surface area contributed by atoms with Crippen LogP contribution in [0.5, 0.6) is 0 Å². The highest BCUT2D eigenvalue weighted by molar-refractivity contribution is 5.88. The van der Waals surface area contributed by atoms with Gasteiger partial charge in [0.25, 0.3) is 0 Å². The predicted molar refractivity (Wildman–Crippen MR) is 75.5 cm³/mol. The number of benzene rings is 1. The third-order valence-corrected chi connectivity index (χ3v) is 3.97. The van der Waals surface area contributed by atoms with Crippen LogP contribution in [-0.4, -0.2) is 21.6 Å². The Kier molecular flexibility index (Phi) is 3.73. The molecule has 1 saturated carbocycles. The molecule has 1 heterocycles. The van der Waals surface area contributed by atoms with E-state index in [2.05, 4.69) is 4.98 Å². The molecule has 1 aliphatic carbocycles. The van der Waals surface area contributed by atoms with Gasteiger partial charge in [0.2, 0.25) is 5.95 Å². The average Bonchev–Trinajstić information content (AvgIpc) is 2.84. The van der Waals surface area contributed by atoms with Crippen molar-refractivity contribution in [2.45, 2.75) is 38.3 Å². The second-order valence-corrected chi connectivity index (χ2v) is 5.34. The fourth-order valence-electron chi connectivity index (χ4n) is 2.41. The van der Waals surface area contributed by atoms with Crippen molar-refractivity contribution in [1.29, 1.82) is 0 Å². The Morgan fingerprint density at radius 1 is 1.38 bits per heavy atom. The van der Waals surface area contributed by atoms with Gasteiger partial charge >= 0.3 is 5.97 Å². The van der Waals surface area contributed by atoms with Crippen molar-refractivity contribution in [3.63, 3.8) is 0 Å². The van der Waals surface area contributed by atoms with E-state index in [0.29, 0.717) is 0 Å². The van der Waals surface area contributed by atoms with Crippen molar-refractivity contribution in [3.05, 3.63) is 53.9 Å². The molecule has 2 aromatic rings. The van der Waals surface area contributed by atoms with Crippen molar-refractivity contribution < 1.29 is 13.9 Å². The molecule has 1 aliphatic rings. The van der Waals surface area contributed by atoms with Gasteiger partial charge in [-0.05, 0) is 31.7 Å². The zero-order valence-electron chi connectivity index (χ0n) is 11.8. The number of halogens is 1. The molecule has 4 nitrogen and oxygen atoms in total. The summed E-state index contributed by atoms with van der Waals surface area (Å²) in [6.45, 7) is 1.90. The van der Waals surface area contributed by atoms with Crippen LogP contribution < -0.4 is 0 Å². The van der Waals surface area contributed by atoms with E-state index in [1.807, 2.05) is 37.3 Å². The van der Waals surface area contributed by atoms with E-state index < -0.39 is 11.9 Å². The van der Waals surface area contributed by atoms with Gasteiger partial charge in [0, 0.05) is 0 Å². The summed E-state index contributed by atoms with van der Waals surface area (Å²) >= 11 is 0. The first-order valence-corrected chi connectivity index (χ1v) is 7.15. The van der Waals surface area contributed by atoms with Crippen LogP contribution in [0.3, 0.4) is 0 Å². The molecule has 0 spiro atoms. The molecule has 3 rings (SSSR count). The molecule has 0 N–H and O–H groups in total. The van der Waals surface area contributed by atoms with E-state index >= 15 is 0 Å². The van der Waals surface area contributed by atoms with Crippen LogP contribution in [0.25, 0.3) is 0 Å². The summed E-state index contributed by atoms with van der Waals surface area (Å²) in [5.41, 5.74) is 0.880. The largest absolute Gasteiger partial charge is 0.458 e. The minimum atomic E-state index is -0.776. The molecule has 21 heavy (non-hydrogen) atoms. The number of carbonyl (C=O) groups is 1. The Hall–Kier alpha value is -2.17.